The summed E-state index contributed by atoms with van der Waals surface area (Å²) in [5, 5.41) is 4.78. The number of benzene rings is 3. The average Bonchev–Trinajstić information content (AvgIpc) is 2.72. The number of carbonyl (C=O) groups excluding carboxylic acids is 2. The highest BCUT2D eigenvalue weighted by Crippen LogP contribution is 2.23. The maximum absolute atomic E-state index is 13.6. The molecule has 0 aliphatic carbocycles. The molecule has 0 saturated carbocycles. The van der Waals surface area contributed by atoms with Gasteiger partial charge in [-0.25, -0.2) is 8.78 Å². The molecule has 0 spiro atoms. The Hall–Kier alpha value is -3.74. The van der Waals surface area contributed by atoms with Gasteiger partial charge in [-0.1, -0.05) is 36.4 Å². The molecule has 7 heteroatoms. The van der Waals surface area contributed by atoms with Crippen LogP contribution in [0.25, 0.3) is 0 Å². The smallest absolute Gasteiger partial charge is 0.257 e. The van der Waals surface area contributed by atoms with E-state index < -0.39 is 17.5 Å². The predicted octanol–water partition coefficient (Wildman–Crippen LogP) is 4.41. The van der Waals surface area contributed by atoms with E-state index in [-0.39, 0.29) is 17.7 Å². The monoisotopic (exact) mass is 396 g/mol. The molecule has 0 bridgehead atoms. The zero-order chi connectivity index (χ0) is 20.6. The van der Waals surface area contributed by atoms with Crippen LogP contribution in [0.1, 0.15) is 15.9 Å². The van der Waals surface area contributed by atoms with E-state index in [2.05, 4.69) is 10.6 Å². The standard InChI is InChI=1S/C22H18F2N2O3/c23-19-12-18(21(25-14-27)13-20(19)24)22(28)26-16-7-4-8-17(11-16)29-10-9-15-5-2-1-3-6-15/h1-8,11-14H,9-10H2,(H,25,27)(H,26,28). The van der Waals surface area contributed by atoms with Crippen LogP contribution in [-0.4, -0.2) is 18.9 Å². The highest BCUT2D eigenvalue weighted by Gasteiger charge is 2.16. The minimum atomic E-state index is -1.19. The molecule has 3 rings (SSSR count). The predicted molar refractivity (Wildman–Crippen MR) is 106 cm³/mol. The number of halogens is 2. The van der Waals surface area contributed by atoms with Gasteiger partial charge in [0, 0.05) is 24.2 Å². The summed E-state index contributed by atoms with van der Waals surface area (Å²) < 4.78 is 32.7. The molecule has 0 atom stereocenters. The van der Waals surface area contributed by atoms with Gasteiger partial charge >= 0.3 is 0 Å². The molecule has 2 amide bonds. The third-order valence-electron chi connectivity index (χ3n) is 4.11. The second kappa shape index (κ2) is 9.45. The Morgan fingerprint density at radius 2 is 1.72 bits per heavy atom. The summed E-state index contributed by atoms with van der Waals surface area (Å²) in [6.45, 7) is 0.456. The van der Waals surface area contributed by atoms with E-state index in [1.54, 1.807) is 24.3 Å². The molecule has 148 valence electrons. The van der Waals surface area contributed by atoms with Gasteiger partial charge in [0.2, 0.25) is 6.41 Å². The first-order valence-corrected chi connectivity index (χ1v) is 8.84. The maximum Gasteiger partial charge on any atom is 0.257 e. The van der Waals surface area contributed by atoms with Crippen LogP contribution in [0.5, 0.6) is 5.75 Å². The molecule has 3 aromatic carbocycles. The molecule has 0 fully saturated rings. The van der Waals surface area contributed by atoms with Gasteiger partial charge in [0.05, 0.1) is 17.9 Å². The highest BCUT2D eigenvalue weighted by atomic mass is 19.2. The quantitative estimate of drug-likeness (QED) is 0.555. The normalized spacial score (nSPS) is 10.3. The summed E-state index contributed by atoms with van der Waals surface area (Å²) in [5.74, 6) is -2.51. The van der Waals surface area contributed by atoms with Gasteiger partial charge in [0.25, 0.3) is 5.91 Å². The Balaban J connectivity index is 1.67. The zero-order valence-corrected chi connectivity index (χ0v) is 15.3. The summed E-state index contributed by atoms with van der Waals surface area (Å²) in [6, 6.07) is 18.1. The third-order valence-corrected chi connectivity index (χ3v) is 4.11. The summed E-state index contributed by atoms with van der Waals surface area (Å²) in [5.41, 5.74) is 1.22. The van der Waals surface area contributed by atoms with Crippen molar-refractivity contribution in [2.24, 2.45) is 0 Å². The van der Waals surface area contributed by atoms with Gasteiger partial charge in [-0.2, -0.15) is 0 Å². The molecule has 5 nitrogen and oxygen atoms in total. The average molecular weight is 396 g/mol. The molecule has 0 aliphatic rings. The van der Waals surface area contributed by atoms with E-state index in [9.17, 15) is 18.4 Å². The van der Waals surface area contributed by atoms with E-state index in [4.69, 9.17) is 4.74 Å². The Morgan fingerprint density at radius 1 is 0.966 bits per heavy atom. The highest BCUT2D eigenvalue weighted by molar-refractivity contribution is 6.09. The largest absolute Gasteiger partial charge is 0.493 e. The van der Waals surface area contributed by atoms with Crippen molar-refractivity contribution in [2.75, 3.05) is 17.2 Å². The van der Waals surface area contributed by atoms with Gasteiger partial charge in [-0.15, -0.1) is 0 Å². The van der Waals surface area contributed by atoms with Gasteiger partial charge in [-0.05, 0) is 23.8 Å². The zero-order valence-electron chi connectivity index (χ0n) is 15.3. The molecule has 0 aromatic heterocycles. The van der Waals surface area contributed by atoms with Crippen LogP contribution in [0.4, 0.5) is 20.2 Å². The number of nitrogens with one attached hydrogen (secondary N) is 2. The fraction of sp³-hybridized carbons (Fsp3) is 0.0909. The molecule has 2 N–H and O–H groups in total. The van der Waals surface area contributed by atoms with Crippen LogP contribution < -0.4 is 15.4 Å². The number of hydrogen-bond donors (Lipinski definition) is 2. The van der Waals surface area contributed by atoms with E-state index in [1.807, 2.05) is 30.3 Å². The molecule has 29 heavy (non-hydrogen) atoms. The SMILES string of the molecule is O=CNc1cc(F)c(F)cc1C(=O)Nc1cccc(OCCc2ccccc2)c1. The van der Waals surface area contributed by atoms with Gasteiger partial charge in [0.15, 0.2) is 11.6 Å². The lowest BCUT2D eigenvalue weighted by Crippen LogP contribution is -2.15. The van der Waals surface area contributed by atoms with Crippen molar-refractivity contribution < 1.29 is 23.1 Å². The number of carbonyl (C=O) groups is 2. The summed E-state index contributed by atoms with van der Waals surface area (Å²) >= 11 is 0. The van der Waals surface area contributed by atoms with Crippen molar-refractivity contribution in [3.63, 3.8) is 0 Å². The van der Waals surface area contributed by atoms with Crippen molar-refractivity contribution in [3.8, 4) is 5.75 Å². The molecule has 0 unspecified atom stereocenters. The third kappa shape index (κ3) is 5.38. The molecule has 0 heterocycles. The number of amides is 2. The number of hydrogen-bond acceptors (Lipinski definition) is 3. The van der Waals surface area contributed by atoms with Crippen LogP contribution in [0.3, 0.4) is 0 Å². The molecular weight excluding hydrogens is 378 g/mol. The van der Waals surface area contributed by atoms with Crippen molar-refractivity contribution in [2.45, 2.75) is 6.42 Å². The summed E-state index contributed by atoms with van der Waals surface area (Å²) in [6.07, 6.45) is 1.01. The van der Waals surface area contributed by atoms with E-state index in [1.165, 1.54) is 0 Å². The summed E-state index contributed by atoms with van der Waals surface area (Å²) in [4.78, 5) is 23.2. The topological polar surface area (TPSA) is 67.4 Å². The maximum atomic E-state index is 13.6. The second-order valence-electron chi connectivity index (χ2n) is 6.14. The van der Waals surface area contributed by atoms with Crippen LogP contribution in [0, 0.1) is 11.6 Å². The lowest BCUT2D eigenvalue weighted by molar-refractivity contribution is -0.105. The van der Waals surface area contributed by atoms with Crippen molar-refractivity contribution in [1.82, 2.24) is 0 Å². The number of rotatable bonds is 8. The van der Waals surface area contributed by atoms with Gasteiger partial charge in [-0.3, -0.25) is 9.59 Å². The lowest BCUT2D eigenvalue weighted by atomic mass is 10.1. The van der Waals surface area contributed by atoms with Crippen LogP contribution >= 0.6 is 0 Å². The summed E-state index contributed by atoms with van der Waals surface area (Å²) in [7, 11) is 0. The van der Waals surface area contributed by atoms with Crippen molar-refractivity contribution in [1.29, 1.82) is 0 Å². The minimum absolute atomic E-state index is 0.133. The van der Waals surface area contributed by atoms with Crippen LogP contribution in [0.2, 0.25) is 0 Å². The number of anilines is 2. The van der Waals surface area contributed by atoms with Crippen molar-refractivity contribution >= 4 is 23.7 Å². The fourth-order valence-corrected chi connectivity index (χ4v) is 2.71. The lowest BCUT2D eigenvalue weighted by Gasteiger charge is -2.12. The molecular formula is C22H18F2N2O3. The Bertz CT molecular complexity index is 1010. The second-order valence-corrected chi connectivity index (χ2v) is 6.14. The Kier molecular flexibility index (Phi) is 6.52. The molecule has 0 radical (unpaired) electrons. The minimum Gasteiger partial charge on any atom is -0.493 e. The fourth-order valence-electron chi connectivity index (χ4n) is 2.71. The Morgan fingerprint density at radius 3 is 2.48 bits per heavy atom. The van der Waals surface area contributed by atoms with Crippen LogP contribution in [0.15, 0.2) is 66.7 Å². The molecule has 3 aromatic rings. The first-order chi connectivity index (χ1) is 14.1. The number of ether oxygens (including phenoxy) is 1. The van der Waals surface area contributed by atoms with E-state index >= 15 is 0 Å². The van der Waals surface area contributed by atoms with Gasteiger partial charge < -0.3 is 15.4 Å². The van der Waals surface area contributed by atoms with E-state index in [0.717, 1.165) is 24.1 Å². The molecule has 0 saturated heterocycles. The van der Waals surface area contributed by atoms with Crippen LogP contribution in [-0.2, 0) is 11.2 Å². The molecule has 0 aliphatic heterocycles. The first kappa shape index (κ1) is 20.0. The van der Waals surface area contributed by atoms with Crippen molar-refractivity contribution in [3.05, 3.63) is 89.5 Å². The first-order valence-electron chi connectivity index (χ1n) is 8.84. The van der Waals surface area contributed by atoms with Gasteiger partial charge in [0.1, 0.15) is 5.75 Å². The Labute approximate surface area is 166 Å². The van der Waals surface area contributed by atoms with E-state index in [0.29, 0.717) is 18.0 Å².